The number of nitrogens with two attached hydrogens (primary N) is 1. The van der Waals surface area contributed by atoms with E-state index in [0.717, 1.165) is 17.7 Å². The van der Waals surface area contributed by atoms with E-state index in [0.29, 0.717) is 22.7 Å². The van der Waals surface area contributed by atoms with Crippen LogP contribution >= 0.6 is 11.6 Å². The molecule has 19 heavy (non-hydrogen) atoms. The molecule has 0 spiro atoms. The van der Waals surface area contributed by atoms with E-state index in [1.165, 1.54) is 6.07 Å². The summed E-state index contributed by atoms with van der Waals surface area (Å²) in [6.07, 6.45) is 1.15. The first-order chi connectivity index (χ1) is 9.15. The zero-order chi connectivity index (χ0) is 13.4. The van der Waals surface area contributed by atoms with E-state index >= 15 is 0 Å². The van der Waals surface area contributed by atoms with Gasteiger partial charge in [0.15, 0.2) is 0 Å². The van der Waals surface area contributed by atoms with Crippen LogP contribution in [0.3, 0.4) is 0 Å². The van der Waals surface area contributed by atoms with Crippen LogP contribution in [-0.4, -0.2) is 0 Å². The molecule has 0 fully saturated rings. The minimum atomic E-state index is -0.343. The first-order valence-electron chi connectivity index (χ1n) is 6.14. The van der Waals surface area contributed by atoms with Crippen LogP contribution in [0.15, 0.2) is 36.4 Å². The van der Waals surface area contributed by atoms with E-state index in [4.69, 9.17) is 22.1 Å². The Labute approximate surface area is 115 Å². The van der Waals surface area contributed by atoms with Crippen molar-refractivity contribution in [2.75, 3.05) is 5.73 Å². The Balaban J connectivity index is 1.96. The van der Waals surface area contributed by atoms with Crippen molar-refractivity contribution in [2.24, 2.45) is 0 Å². The molecule has 0 bridgehead atoms. The lowest BCUT2D eigenvalue weighted by atomic mass is 9.97. The van der Waals surface area contributed by atoms with E-state index in [2.05, 4.69) is 0 Å². The number of hydrogen-bond acceptors (Lipinski definition) is 2. The molecule has 1 heterocycles. The van der Waals surface area contributed by atoms with Gasteiger partial charge >= 0.3 is 0 Å². The number of benzene rings is 2. The third kappa shape index (κ3) is 2.26. The highest BCUT2D eigenvalue weighted by atomic mass is 35.5. The lowest BCUT2D eigenvalue weighted by Crippen LogP contribution is -2.17. The van der Waals surface area contributed by atoms with Crippen LogP contribution in [0.5, 0.6) is 5.75 Å². The van der Waals surface area contributed by atoms with Crippen LogP contribution in [0.1, 0.15) is 23.7 Å². The van der Waals surface area contributed by atoms with Gasteiger partial charge in [0.05, 0.1) is 5.02 Å². The van der Waals surface area contributed by atoms with Gasteiger partial charge in [-0.25, -0.2) is 4.39 Å². The van der Waals surface area contributed by atoms with Gasteiger partial charge in [-0.1, -0.05) is 17.7 Å². The fourth-order valence-electron chi connectivity index (χ4n) is 2.43. The molecule has 98 valence electrons. The predicted octanol–water partition coefficient (Wildman–Crippen LogP) is 4.13. The second kappa shape index (κ2) is 4.74. The SMILES string of the molecule is Nc1ccc2c(c1)CCC(c1c(F)cccc1Cl)O2. The number of aryl methyl sites for hydroxylation is 1. The number of hydrogen-bond donors (Lipinski definition) is 1. The Bertz CT molecular complexity index is 609. The van der Waals surface area contributed by atoms with Crippen LogP contribution in [-0.2, 0) is 6.42 Å². The zero-order valence-corrected chi connectivity index (χ0v) is 11.0. The van der Waals surface area contributed by atoms with Crippen LogP contribution < -0.4 is 10.5 Å². The van der Waals surface area contributed by atoms with Crippen molar-refractivity contribution in [1.29, 1.82) is 0 Å². The molecule has 0 amide bonds. The molecule has 2 aromatic carbocycles. The molecule has 2 N–H and O–H groups in total. The van der Waals surface area contributed by atoms with Crippen molar-refractivity contribution in [3.8, 4) is 5.75 Å². The summed E-state index contributed by atoms with van der Waals surface area (Å²) in [7, 11) is 0. The molecular weight excluding hydrogens is 265 g/mol. The average Bonchev–Trinajstić information content (AvgIpc) is 2.38. The van der Waals surface area contributed by atoms with Gasteiger partial charge in [-0.2, -0.15) is 0 Å². The van der Waals surface area contributed by atoms with Gasteiger partial charge in [0, 0.05) is 11.3 Å². The Morgan fingerprint density at radius 1 is 1.26 bits per heavy atom. The van der Waals surface area contributed by atoms with E-state index in [1.54, 1.807) is 18.2 Å². The summed E-state index contributed by atoms with van der Waals surface area (Å²) < 4.78 is 19.7. The quantitative estimate of drug-likeness (QED) is 0.796. The maximum Gasteiger partial charge on any atom is 0.131 e. The summed E-state index contributed by atoms with van der Waals surface area (Å²) in [6, 6.07) is 10.2. The van der Waals surface area contributed by atoms with E-state index in [9.17, 15) is 4.39 Å². The average molecular weight is 278 g/mol. The molecule has 0 radical (unpaired) electrons. The van der Waals surface area contributed by atoms with Gasteiger partial charge in [-0.3, -0.25) is 0 Å². The Morgan fingerprint density at radius 3 is 2.89 bits per heavy atom. The smallest absolute Gasteiger partial charge is 0.131 e. The van der Waals surface area contributed by atoms with E-state index < -0.39 is 0 Å². The summed E-state index contributed by atoms with van der Waals surface area (Å²) in [5, 5.41) is 0.406. The van der Waals surface area contributed by atoms with Crippen molar-refractivity contribution >= 4 is 17.3 Å². The van der Waals surface area contributed by atoms with E-state index in [-0.39, 0.29) is 11.9 Å². The van der Waals surface area contributed by atoms with Gasteiger partial charge in [0.2, 0.25) is 0 Å². The highest BCUT2D eigenvalue weighted by Crippen LogP contribution is 2.38. The number of halogens is 2. The second-order valence-electron chi connectivity index (χ2n) is 4.65. The van der Waals surface area contributed by atoms with Crippen molar-refractivity contribution < 1.29 is 9.13 Å². The molecule has 1 unspecified atom stereocenters. The van der Waals surface area contributed by atoms with Crippen molar-refractivity contribution in [3.63, 3.8) is 0 Å². The number of ether oxygens (including phenoxy) is 1. The Kier molecular flexibility index (Phi) is 3.07. The molecule has 3 rings (SSSR count). The van der Waals surface area contributed by atoms with Crippen LogP contribution in [0.25, 0.3) is 0 Å². The van der Waals surface area contributed by atoms with Crippen molar-refractivity contribution in [2.45, 2.75) is 18.9 Å². The highest BCUT2D eigenvalue weighted by Gasteiger charge is 2.25. The van der Waals surface area contributed by atoms with Crippen LogP contribution in [0, 0.1) is 5.82 Å². The molecule has 0 aliphatic carbocycles. The summed E-state index contributed by atoms with van der Waals surface area (Å²) in [6.45, 7) is 0. The molecule has 1 aliphatic rings. The first kappa shape index (κ1) is 12.3. The van der Waals surface area contributed by atoms with Gasteiger partial charge in [0.25, 0.3) is 0 Å². The largest absolute Gasteiger partial charge is 0.485 e. The van der Waals surface area contributed by atoms with Crippen LogP contribution in [0.4, 0.5) is 10.1 Å². The summed E-state index contributed by atoms with van der Waals surface area (Å²) in [5.74, 6) is 0.432. The molecule has 1 atom stereocenters. The fourth-order valence-corrected chi connectivity index (χ4v) is 2.71. The molecule has 0 saturated heterocycles. The third-order valence-electron chi connectivity index (χ3n) is 3.35. The van der Waals surface area contributed by atoms with Crippen molar-refractivity contribution in [1.82, 2.24) is 0 Å². The summed E-state index contributed by atoms with van der Waals surface area (Å²) >= 11 is 6.08. The number of anilines is 1. The summed E-state index contributed by atoms with van der Waals surface area (Å²) in [5.41, 5.74) is 7.95. The fraction of sp³-hybridized carbons (Fsp3) is 0.200. The first-order valence-corrected chi connectivity index (χ1v) is 6.52. The van der Waals surface area contributed by atoms with Crippen LogP contribution in [0.2, 0.25) is 5.02 Å². The predicted molar refractivity (Wildman–Crippen MR) is 74.0 cm³/mol. The van der Waals surface area contributed by atoms with E-state index in [1.807, 2.05) is 12.1 Å². The zero-order valence-electron chi connectivity index (χ0n) is 10.2. The minimum absolute atomic E-state index is 0.323. The Hall–Kier alpha value is -1.74. The van der Waals surface area contributed by atoms with Gasteiger partial charge < -0.3 is 10.5 Å². The minimum Gasteiger partial charge on any atom is -0.485 e. The molecule has 1 aliphatic heterocycles. The number of rotatable bonds is 1. The molecule has 0 saturated carbocycles. The highest BCUT2D eigenvalue weighted by molar-refractivity contribution is 6.31. The van der Waals surface area contributed by atoms with Crippen molar-refractivity contribution in [3.05, 3.63) is 58.4 Å². The molecule has 0 aromatic heterocycles. The Morgan fingerprint density at radius 2 is 2.11 bits per heavy atom. The second-order valence-corrected chi connectivity index (χ2v) is 5.05. The molecular formula is C15H13ClFNO. The normalized spacial score (nSPS) is 17.7. The lowest BCUT2D eigenvalue weighted by molar-refractivity contribution is 0.172. The molecule has 2 nitrogen and oxygen atoms in total. The number of nitrogen functional groups attached to an aromatic ring is 1. The topological polar surface area (TPSA) is 35.2 Å². The third-order valence-corrected chi connectivity index (χ3v) is 3.68. The monoisotopic (exact) mass is 277 g/mol. The number of fused-ring (bicyclic) bond motifs is 1. The standard InChI is InChI=1S/C15H13ClFNO/c16-11-2-1-3-12(17)15(11)14-6-4-9-8-10(18)5-7-13(9)19-14/h1-3,5,7-8,14H,4,6,18H2. The maximum absolute atomic E-state index is 13.9. The molecule has 4 heteroatoms. The maximum atomic E-state index is 13.9. The van der Waals surface area contributed by atoms with Gasteiger partial charge in [0.1, 0.15) is 17.7 Å². The van der Waals surface area contributed by atoms with Gasteiger partial charge in [-0.15, -0.1) is 0 Å². The molecule has 2 aromatic rings. The van der Waals surface area contributed by atoms with Gasteiger partial charge in [-0.05, 0) is 48.7 Å². The summed E-state index contributed by atoms with van der Waals surface area (Å²) in [4.78, 5) is 0. The lowest BCUT2D eigenvalue weighted by Gasteiger charge is -2.27.